The van der Waals surface area contributed by atoms with E-state index in [-0.39, 0.29) is 10.8 Å². The van der Waals surface area contributed by atoms with Gasteiger partial charge in [0.15, 0.2) is 0 Å². The number of benzene rings is 2. The summed E-state index contributed by atoms with van der Waals surface area (Å²) in [4.78, 5) is 14.0. The molecule has 0 aromatic heterocycles. The fourth-order valence-corrected chi connectivity index (χ4v) is 3.57. The van der Waals surface area contributed by atoms with E-state index in [9.17, 15) is 13.2 Å². The van der Waals surface area contributed by atoms with Crippen molar-refractivity contribution in [3.05, 3.63) is 59.2 Å². The zero-order chi connectivity index (χ0) is 19.3. The third-order valence-electron chi connectivity index (χ3n) is 4.30. The lowest BCUT2D eigenvalue weighted by Crippen LogP contribution is -2.32. The zero-order valence-electron chi connectivity index (χ0n) is 15.5. The van der Waals surface area contributed by atoms with Gasteiger partial charge in [-0.3, -0.25) is 9.52 Å². The molecular formula is C19H25N3O3S. The summed E-state index contributed by atoms with van der Waals surface area (Å²) in [7, 11) is -0.179. The minimum Gasteiger partial charge on any atom is -0.340 e. The maximum atomic E-state index is 12.6. The SMILES string of the molecule is CNCCN(C)C(=O)c1ccc(S(=O)(=O)Nc2cccc(C)c2C)cc1. The summed E-state index contributed by atoms with van der Waals surface area (Å²) in [5.74, 6) is -0.147. The van der Waals surface area contributed by atoms with Gasteiger partial charge in [-0.2, -0.15) is 0 Å². The average molecular weight is 375 g/mol. The van der Waals surface area contributed by atoms with Crippen molar-refractivity contribution in [2.45, 2.75) is 18.7 Å². The van der Waals surface area contributed by atoms with Crippen molar-refractivity contribution in [3.63, 3.8) is 0 Å². The maximum absolute atomic E-state index is 12.6. The molecule has 140 valence electrons. The number of sulfonamides is 1. The quantitative estimate of drug-likeness (QED) is 0.779. The van der Waals surface area contributed by atoms with Crippen LogP contribution in [0, 0.1) is 13.8 Å². The molecule has 0 aliphatic heterocycles. The monoisotopic (exact) mass is 375 g/mol. The van der Waals surface area contributed by atoms with Gasteiger partial charge in [-0.1, -0.05) is 12.1 Å². The Morgan fingerprint density at radius 2 is 1.73 bits per heavy atom. The Kier molecular flexibility index (Phi) is 6.39. The summed E-state index contributed by atoms with van der Waals surface area (Å²) >= 11 is 0. The zero-order valence-corrected chi connectivity index (χ0v) is 16.4. The molecule has 0 fully saturated rings. The van der Waals surface area contributed by atoms with E-state index in [2.05, 4.69) is 10.0 Å². The molecule has 1 amide bonds. The summed E-state index contributed by atoms with van der Waals surface area (Å²) in [6.07, 6.45) is 0. The normalized spacial score (nSPS) is 11.2. The number of amides is 1. The highest BCUT2D eigenvalue weighted by atomic mass is 32.2. The number of anilines is 1. The lowest BCUT2D eigenvalue weighted by atomic mass is 10.1. The minimum absolute atomic E-state index is 0.118. The standard InChI is InChI=1S/C19H25N3O3S/c1-14-6-5-7-18(15(14)2)21-26(24,25)17-10-8-16(9-11-17)19(23)22(4)13-12-20-3/h5-11,20-21H,12-13H2,1-4H3. The third kappa shape index (κ3) is 4.62. The average Bonchev–Trinajstić information content (AvgIpc) is 2.63. The van der Waals surface area contributed by atoms with Crippen LogP contribution in [0.1, 0.15) is 21.5 Å². The molecule has 0 bridgehead atoms. The predicted octanol–water partition coefficient (Wildman–Crippen LogP) is 2.40. The van der Waals surface area contributed by atoms with Crippen molar-refractivity contribution in [2.75, 3.05) is 31.9 Å². The van der Waals surface area contributed by atoms with Crippen LogP contribution >= 0.6 is 0 Å². The maximum Gasteiger partial charge on any atom is 0.261 e. The van der Waals surface area contributed by atoms with Crippen molar-refractivity contribution in [1.29, 1.82) is 0 Å². The van der Waals surface area contributed by atoms with E-state index in [4.69, 9.17) is 0 Å². The molecule has 0 saturated heterocycles. The molecule has 0 spiro atoms. The number of hydrogen-bond donors (Lipinski definition) is 2. The van der Waals surface area contributed by atoms with E-state index in [0.717, 1.165) is 11.1 Å². The van der Waals surface area contributed by atoms with Crippen LogP contribution in [-0.4, -0.2) is 46.4 Å². The van der Waals surface area contributed by atoms with Gasteiger partial charge in [0.1, 0.15) is 0 Å². The number of hydrogen-bond acceptors (Lipinski definition) is 4. The van der Waals surface area contributed by atoms with Gasteiger partial charge in [0.2, 0.25) is 0 Å². The Hall–Kier alpha value is -2.38. The number of rotatable bonds is 7. The van der Waals surface area contributed by atoms with Crippen molar-refractivity contribution < 1.29 is 13.2 Å². The lowest BCUT2D eigenvalue weighted by Gasteiger charge is -2.17. The number of nitrogens with one attached hydrogen (secondary N) is 2. The molecule has 2 aromatic rings. The highest BCUT2D eigenvalue weighted by Crippen LogP contribution is 2.22. The van der Waals surface area contributed by atoms with Gasteiger partial charge in [0.25, 0.3) is 15.9 Å². The van der Waals surface area contributed by atoms with Gasteiger partial charge < -0.3 is 10.2 Å². The molecule has 0 unspecified atom stereocenters. The molecular weight excluding hydrogens is 350 g/mol. The molecule has 0 radical (unpaired) electrons. The van der Waals surface area contributed by atoms with Crippen LogP contribution in [0.25, 0.3) is 0 Å². The van der Waals surface area contributed by atoms with Gasteiger partial charge in [-0.05, 0) is 62.4 Å². The Labute approximate surface area is 155 Å². The highest BCUT2D eigenvalue weighted by Gasteiger charge is 2.17. The van der Waals surface area contributed by atoms with Crippen molar-refractivity contribution >= 4 is 21.6 Å². The number of aryl methyl sites for hydroxylation is 1. The van der Waals surface area contributed by atoms with Crippen molar-refractivity contribution in [3.8, 4) is 0 Å². The Bertz CT molecular complexity index is 877. The first kappa shape index (κ1) is 19.9. The third-order valence-corrected chi connectivity index (χ3v) is 5.69. The van der Waals surface area contributed by atoms with Crippen LogP contribution < -0.4 is 10.0 Å². The molecule has 0 saturated carbocycles. The van der Waals surface area contributed by atoms with Gasteiger partial charge in [-0.15, -0.1) is 0 Å². The Balaban J connectivity index is 2.18. The van der Waals surface area contributed by atoms with E-state index < -0.39 is 10.0 Å². The number of carbonyl (C=O) groups excluding carboxylic acids is 1. The first-order chi connectivity index (χ1) is 12.3. The van der Waals surface area contributed by atoms with Gasteiger partial charge >= 0.3 is 0 Å². The molecule has 26 heavy (non-hydrogen) atoms. The molecule has 0 heterocycles. The molecule has 2 N–H and O–H groups in total. The Morgan fingerprint density at radius 1 is 1.08 bits per heavy atom. The fraction of sp³-hybridized carbons (Fsp3) is 0.316. The highest BCUT2D eigenvalue weighted by molar-refractivity contribution is 7.92. The van der Waals surface area contributed by atoms with E-state index in [1.807, 2.05) is 33.0 Å². The fourth-order valence-electron chi connectivity index (χ4n) is 2.44. The summed E-state index contributed by atoms with van der Waals surface area (Å²) in [5.41, 5.74) is 2.90. The first-order valence-electron chi connectivity index (χ1n) is 8.35. The van der Waals surface area contributed by atoms with Crippen LogP contribution in [0.2, 0.25) is 0 Å². The Morgan fingerprint density at radius 3 is 2.35 bits per heavy atom. The van der Waals surface area contributed by atoms with Crippen LogP contribution in [0.3, 0.4) is 0 Å². The lowest BCUT2D eigenvalue weighted by molar-refractivity contribution is 0.0796. The van der Waals surface area contributed by atoms with Crippen molar-refractivity contribution in [2.24, 2.45) is 0 Å². The molecule has 2 aromatic carbocycles. The van der Waals surface area contributed by atoms with E-state index >= 15 is 0 Å². The van der Waals surface area contributed by atoms with E-state index in [0.29, 0.717) is 24.3 Å². The second-order valence-electron chi connectivity index (χ2n) is 6.21. The summed E-state index contributed by atoms with van der Waals surface area (Å²) in [5, 5.41) is 2.98. The van der Waals surface area contributed by atoms with Crippen LogP contribution in [-0.2, 0) is 10.0 Å². The minimum atomic E-state index is -3.71. The smallest absolute Gasteiger partial charge is 0.261 e. The van der Waals surface area contributed by atoms with Gasteiger partial charge in [-0.25, -0.2) is 8.42 Å². The predicted molar refractivity (Wildman–Crippen MR) is 104 cm³/mol. The van der Waals surface area contributed by atoms with Crippen LogP contribution in [0.15, 0.2) is 47.4 Å². The molecule has 6 nitrogen and oxygen atoms in total. The van der Waals surface area contributed by atoms with E-state index in [1.165, 1.54) is 24.3 Å². The second kappa shape index (κ2) is 8.33. The summed E-state index contributed by atoms with van der Waals surface area (Å²) in [6, 6.07) is 11.4. The van der Waals surface area contributed by atoms with Crippen LogP contribution in [0.5, 0.6) is 0 Å². The topological polar surface area (TPSA) is 78.5 Å². The molecule has 0 aliphatic carbocycles. The van der Waals surface area contributed by atoms with E-state index in [1.54, 1.807) is 18.0 Å². The molecule has 0 atom stereocenters. The summed E-state index contributed by atoms with van der Waals surface area (Å²) in [6.45, 7) is 5.06. The van der Waals surface area contributed by atoms with Gasteiger partial charge in [0.05, 0.1) is 10.6 Å². The number of nitrogens with zero attached hydrogens (tertiary/aromatic N) is 1. The van der Waals surface area contributed by atoms with Gasteiger partial charge in [0, 0.05) is 25.7 Å². The number of carbonyl (C=O) groups is 1. The summed E-state index contributed by atoms with van der Waals surface area (Å²) < 4.78 is 27.8. The molecule has 7 heteroatoms. The second-order valence-corrected chi connectivity index (χ2v) is 7.89. The first-order valence-corrected chi connectivity index (χ1v) is 9.83. The number of likely N-dealkylation sites (N-methyl/N-ethyl adjacent to an activating group) is 2. The van der Waals surface area contributed by atoms with Crippen molar-refractivity contribution in [1.82, 2.24) is 10.2 Å². The van der Waals surface area contributed by atoms with Crippen LogP contribution in [0.4, 0.5) is 5.69 Å². The largest absolute Gasteiger partial charge is 0.340 e. The molecule has 2 rings (SSSR count). The molecule has 0 aliphatic rings.